The molecule has 0 spiro atoms. The first-order valence-corrected chi connectivity index (χ1v) is 4.88. The maximum absolute atomic E-state index is 5.67. The van der Waals surface area contributed by atoms with Gasteiger partial charge in [0.25, 0.3) is 0 Å². The fraction of sp³-hybridized carbons (Fsp3) is 0.125. The van der Waals surface area contributed by atoms with Crippen LogP contribution >= 0.6 is 22.9 Å². The lowest BCUT2D eigenvalue weighted by Gasteiger charge is -1.94. The highest BCUT2D eigenvalue weighted by Gasteiger charge is 2.05. The normalized spacial score (nSPS) is 10.3. The van der Waals surface area contributed by atoms with Gasteiger partial charge in [0.15, 0.2) is 5.01 Å². The number of rotatable bonds is 1. The van der Waals surface area contributed by atoms with E-state index in [0.717, 1.165) is 16.4 Å². The van der Waals surface area contributed by atoms with Crippen molar-refractivity contribution in [3.05, 3.63) is 28.4 Å². The second kappa shape index (κ2) is 3.40. The lowest BCUT2D eigenvalue weighted by Crippen LogP contribution is -1.84. The van der Waals surface area contributed by atoms with Crippen molar-refractivity contribution in [3.8, 4) is 10.7 Å². The van der Waals surface area contributed by atoms with Crippen LogP contribution in [0.25, 0.3) is 10.7 Å². The van der Waals surface area contributed by atoms with Crippen molar-refractivity contribution in [1.82, 2.24) is 15.2 Å². The summed E-state index contributed by atoms with van der Waals surface area (Å²) in [5.41, 5.74) is 1.79. The van der Waals surface area contributed by atoms with E-state index >= 15 is 0 Å². The first-order valence-electron chi connectivity index (χ1n) is 3.69. The summed E-state index contributed by atoms with van der Waals surface area (Å²) in [6.45, 7) is 1.94. The molecule has 0 amide bonds. The maximum atomic E-state index is 5.67. The second-order valence-electron chi connectivity index (χ2n) is 2.52. The first-order chi connectivity index (χ1) is 6.25. The van der Waals surface area contributed by atoms with Crippen molar-refractivity contribution < 1.29 is 0 Å². The number of hydrogen-bond donors (Lipinski definition) is 0. The zero-order valence-electron chi connectivity index (χ0n) is 6.86. The molecule has 66 valence electrons. The number of pyridine rings is 1. The average molecular weight is 212 g/mol. The highest BCUT2D eigenvalue weighted by atomic mass is 35.5. The van der Waals surface area contributed by atoms with Crippen molar-refractivity contribution in [1.29, 1.82) is 0 Å². The molecule has 0 aromatic carbocycles. The smallest absolute Gasteiger partial charge is 0.207 e. The zero-order chi connectivity index (χ0) is 9.26. The molecule has 0 aliphatic carbocycles. The molecule has 0 atom stereocenters. The van der Waals surface area contributed by atoms with Gasteiger partial charge in [-0.3, -0.25) is 4.98 Å². The number of aryl methyl sites for hydroxylation is 1. The predicted octanol–water partition coefficient (Wildman–Crippen LogP) is 2.56. The molecular formula is C8H6ClN3S. The van der Waals surface area contributed by atoms with Crippen LogP contribution in [-0.4, -0.2) is 15.2 Å². The van der Waals surface area contributed by atoms with Crippen LogP contribution in [0.1, 0.15) is 5.69 Å². The lowest BCUT2D eigenvalue weighted by atomic mass is 10.3. The summed E-state index contributed by atoms with van der Waals surface area (Å²) in [5, 5.41) is 8.38. The van der Waals surface area contributed by atoms with Gasteiger partial charge in [0.1, 0.15) is 5.69 Å². The van der Waals surface area contributed by atoms with Gasteiger partial charge in [-0.05, 0) is 30.7 Å². The molecule has 0 aliphatic heterocycles. The molecule has 2 heterocycles. The van der Waals surface area contributed by atoms with E-state index in [-0.39, 0.29) is 0 Å². The van der Waals surface area contributed by atoms with E-state index in [9.17, 15) is 0 Å². The third kappa shape index (κ3) is 1.84. The van der Waals surface area contributed by atoms with Gasteiger partial charge in [-0.25, -0.2) is 0 Å². The molecule has 0 fully saturated rings. The van der Waals surface area contributed by atoms with E-state index in [2.05, 4.69) is 15.2 Å². The number of halogens is 1. The molecule has 0 N–H and O–H groups in total. The van der Waals surface area contributed by atoms with E-state index in [1.807, 2.05) is 25.1 Å². The molecule has 0 saturated heterocycles. The van der Waals surface area contributed by atoms with E-state index in [4.69, 9.17) is 11.6 Å². The van der Waals surface area contributed by atoms with Gasteiger partial charge in [-0.2, -0.15) is 0 Å². The van der Waals surface area contributed by atoms with E-state index < -0.39 is 0 Å². The number of hydrogen-bond acceptors (Lipinski definition) is 4. The summed E-state index contributed by atoms with van der Waals surface area (Å²) >= 11 is 7.00. The second-order valence-corrected chi connectivity index (χ2v) is 4.08. The summed E-state index contributed by atoms with van der Waals surface area (Å²) in [5.74, 6) is 0. The van der Waals surface area contributed by atoms with Crippen LogP contribution < -0.4 is 0 Å². The molecule has 5 heteroatoms. The Morgan fingerprint density at radius 1 is 1.31 bits per heavy atom. The van der Waals surface area contributed by atoms with E-state index in [1.54, 1.807) is 0 Å². The van der Waals surface area contributed by atoms with Crippen LogP contribution in [-0.2, 0) is 0 Å². The number of nitrogens with zero attached hydrogens (tertiary/aromatic N) is 3. The fourth-order valence-corrected chi connectivity index (χ4v) is 1.77. The van der Waals surface area contributed by atoms with Crippen molar-refractivity contribution in [2.24, 2.45) is 0 Å². The van der Waals surface area contributed by atoms with Crippen molar-refractivity contribution in [2.75, 3.05) is 0 Å². The van der Waals surface area contributed by atoms with Crippen LogP contribution in [0.4, 0.5) is 0 Å². The Morgan fingerprint density at radius 2 is 2.15 bits per heavy atom. The van der Waals surface area contributed by atoms with Crippen molar-refractivity contribution in [3.63, 3.8) is 0 Å². The Bertz CT molecular complexity index is 427. The van der Waals surface area contributed by atoms with Gasteiger partial charge in [0.05, 0.1) is 0 Å². The van der Waals surface area contributed by atoms with Crippen molar-refractivity contribution in [2.45, 2.75) is 6.92 Å². The molecule has 0 radical (unpaired) electrons. The van der Waals surface area contributed by atoms with Crippen LogP contribution in [0.2, 0.25) is 4.47 Å². The quantitative estimate of drug-likeness (QED) is 0.728. The monoisotopic (exact) mass is 211 g/mol. The van der Waals surface area contributed by atoms with Gasteiger partial charge in [-0.1, -0.05) is 17.4 Å². The summed E-state index contributed by atoms with van der Waals surface area (Å²) in [7, 11) is 0. The topological polar surface area (TPSA) is 38.7 Å². The first kappa shape index (κ1) is 8.59. The molecular weight excluding hydrogens is 206 g/mol. The summed E-state index contributed by atoms with van der Waals surface area (Å²) in [4.78, 5) is 4.31. The average Bonchev–Trinajstić information content (AvgIpc) is 2.52. The molecule has 0 saturated carbocycles. The van der Waals surface area contributed by atoms with Gasteiger partial charge >= 0.3 is 0 Å². The lowest BCUT2D eigenvalue weighted by molar-refractivity contribution is 1.08. The van der Waals surface area contributed by atoms with Crippen LogP contribution in [0, 0.1) is 6.92 Å². The Morgan fingerprint density at radius 3 is 2.77 bits per heavy atom. The minimum atomic E-state index is 0.443. The minimum Gasteiger partial charge on any atom is -0.251 e. The molecule has 0 unspecified atom stereocenters. The summed E-state index contributed by atoms with van der Waals surface area (Å²) < 4.78 is 0.443. The van der Waals surface area contributed by atoms with Crippen molar-refractivity contribution >= 4 is 22.9 Å². The summed E-state index contributed by atoms with van der Waals surface area (Å²) in [6.07, 6.45) is 0. The third-order valence-electron chi connectivity index (χ3n) is 1.51. The molecule has 0 aliphatic rings. The minimum absolute atomic E-state index is 0.443. The maximum Gasteiger partial charge on any atom is 0.207 e. The van der Waals surface area contributed by atoms with Crippen LogP contribution in [0.15, 0.2) is 18.2 Å². The standard InChI is InChI=1S/C8H6ClN3S/c1-5-3-2-4-6(10-5)7-11-12-8(9)13-7/h2-4H,1H3. The van der Waals surface area contributed by atoms with Gasteiger partial charge in [0, 0.05) is 5.69 Å². The highest BCUT2D eigenvalue weighted by Crippen LogP contribution is 2.24. The SMILES string of the molecule is Cc1cccc(-c2nnc(Cl)s2)n1. The van der Waals surface area contributed by atoms with Gasteiger partial charge in [-0.15, -0.1) is 10.2 Å². The van der Waals surface area contributed by atoms with Gasteiger partial charge in [0.2, 0.25) is 4.47 Å². The molecule has 2 rings (SSSR count). The highest BCUT2D eigenvalue weighted by molar-refractivity contribution is 7.18. The molecule has 2 aromatic rings. The molecule has 0 bridgehead atoms. The van der Waals surface area contributed by atoms with Gasteiger partial charge < -0.3 is 0 Å². The predicted molar refractivity (Wildman–Crippen MR) is 52.9 cm³/mol. The largest absolute Gasteiger partial charge is 0.251 e. The molecule has 2 aromatic heterocycles. The summed E-state index contributed by atoms with van der Waals surface area (Å²) in [6, 6.07) is 5.77. The van der Waals surface area contributed by atoms with E-state index in [0.29, 0.717) is 4.47 Å². The van der Waals surface area contributed by atoms with Crippen LogP contribution in [0.5, 0.6) is 0 Å². The zero-order valence-corrected chi connectivity index (χ0v) is 8.43. The number of aromatic nitrogens is 3. The molecule has 13 heavy (non-hydrogen) atoms. The Hall–Kier alpha value is -1.00. The van der Waals surface area contributed by atoms with Crippen LogP contribution in [0.3, 0.4) is 0 Å². The molecule has 3 nitrogen and oxygen atoms in total. The fourth-order valence-electron chi connectivity index (χ4n) is 0.971. The van der Waals surface area contributed by atoms with E-state index in [1.165, 1.54) is 11.3 Å². The third-order valence-corrected chi connectivity index (χ3v) is 2.55. The Kier molecular flexibility index (Phi) is 2.24. The Balaban J connectivity index is 2.46. The Labute approximate surface area is 84.4 Å².